The van der Waals surface area contributed by atoms with E-state index in [-0.39, 0.29) is 0 Å². The molecule has 0 aliphatic heterocycles. The van der Waals surface area contributed by atoms with Crippen molar-refractivity contribution in [3.8, 4) is 0 Å². The molecule has 0 amide bonds. The molecule has 1 unspecified atom stereocenters. The molecular formula is C9H20ClNO. The molecule has 0 aromatic heterocycles. The summed E-state index contributed by atoms with van der Waals surface area (Å²) >= 11 is 5.55. The summed E-state index contributed by atoms with van der Waals surface area (Å²) in [4.78, 5) is 0. The van der Waals surface area contributed by atoms with Crippen LogP contribution in [0.25, 0.3) is 0 Å². The summed E-state index contributed by atoms with van der Waals surface area (Å²) in [6, 6.07) is 0.464. The van der Waals surface area contributed by atoms with E-state index >= 15 is 0 Å². The first-order valence-electron chi connectivity index (χ1n) is 4.59. The van der Waals surface area contributed by atoms with Gasteiger partial charge in [-0.05, 0) is 26.3 Å². The van der Waals surface area contributed by atoms with E-state index in [0.29, 0.717) is 6.04 Å². The van der Waals surface area contributed by atoms with Crippen molar-refractivity contribution in [2.75, 3.05) is 26.1 Å². The summed E-state index contributed by atoms with van der Waals surface area (Å²) in [7, 11) is 1.73. The summed E-state index contributed by atoms with van der Waals surface area (Å²) in [5, 5.41) is 3.37. The lowest BCUT2D eigenvalue weighted by molar-refractivity contribution is 0.172. The van der Waals surface area contributed by atoms with Gasteiger partial charge in [0.2, 0.25) is 0 Å². The van der Waals surface area contributed by atoms with Crippen LogP contribution < -0.4 is 5.32 Å². The van der Waals surface area contributed by atoms with Gasteiger partial charge in [-0.25, -0.2) is 0 Å². The Morgan fingerprint density at radius 2 is 2.08 bits per heavy atom. The Morgan fingerprint density at radius 1 is 1.33 bits per heavy atom. The molecule has 0 bridgehead atoms. The van der Waals surface area contributed by atoms with E-state index in [2.05, 4.69) is 12.2 Å². The van der Waals surface area contributed by atoms with Crippen LogP contribution >= 0.6 is 11.6 Å². The third-order valence-corrected chi connectivity index (χ3v) is 1.99. The molecule has 0 rings (SSSR count). The highest BCUT2D eigenvalue weighted by molar-refractivity contribution is 6.17. The summed E-state index contributed by atoms with van der Waals surface area (Å²) in [6.07, 6.45) is 3.55. The lowest BCUT2D eigenvalue weighted by Gasteiger charge is -2.11. The van der Waals surface area contributed by atoms with Gasteiger partial charge in [-0.3, -0.25) is 0 Å². The van der Waals surface area contributed by atoms with Crippen molar-refractivity contribution in [1.29, 1.82) is 0 Å². The molecule has 0 fully saturated rings. The van der Waals surface area contributed by atoms with Gasteiger partial charge < -0.3 is 10.1 Å². The van der Waals surface area contributed by atoms with Crippen molar-refractivity contribution in [2.45, 2.75) is 32.2 Å². The van der Waals surface area contributed by atoms with E-state index in [9.17, 15) is 0 Å². The summed E-state index contributed by atoms with van der Waals surface area (Å²) in [5.41, 5.74) is 0. The summed E-state index contributed by atoms with van der Waals surface area (Å²) in [5.74, 6) is 0.785. The molecule has 74 valence electrons. The molecular weight excluding hydrogens is 174 g/mol. The average Bonchev–Trinajstić information content (AvgIpc) is 2.05. The van der Waals surface area contributed by atoms with Gasteiger partial charge in [0, 0.05) is 19.0 Å². The van der Waals surface area contributed by atoms with Crippen LogP contribution in [0.4, 0.5) is 0 Å². The number of ether oxygens (including phenoxy) is 1. The number of rotatable bonds is 8. The maximum Gasteiger partial charge on any atom is 0.0613 e. The van der Waals surface area contributed by atoms with E-state index in [1.807, 2.05) is 0 Å². The van der Waals surface area contributed by atoms with Crippen molar-refractivity contribution < 1.29 is 4.74 Å². The number of unbranched alkanes of at least 4 members (excludes halogenated alkanes) is 2. The monoisotopic (exact) mass is 193 g/mol. The molecule has 0 aromatic rings. The van der Waals surface area contributed by atoms with Crippen LogP contribution in [-0.4, -0.2) is 32.2 Å². The lowest BCUT2D eigenvalue weighted by atomic mass is 10.2. The molecule has 0 spiro atoms. The van der Waals surface area contributed by atoms with Gasteiger partial charge in [-0.2, -0.15) is 0 Å². The van der Waals surface area contributed by atoms with Gasteiger partial charge in [0.25, 0.3) is 0 Å². The molecule has 0 aromatic carbocycles. The largest absolute Gasteiger partial charge is 0.383 e. The summed E-state index contributed by atoms with van der Waals surface area (Å²) < 4.78 is 5.00. The Bertz CT molecular complexity index is 90.6. The molecule has 0 saturated heterocycles. The molecule has 0 radical (unpaired) electrons. The third kappa shape index (κ3) is 8.31. The Balaban J connectivity index is 2.97. The van der Waals surface area contributed by atoms with Crippen molar-refractivity contribution >= 4 is 11.6 Å². The van der Waals surface area contributed by atoms with Crippen molar-refractivity contribution in [3.05, 3.63) is 0 Å². The van der Waals surface area contributed by atoms with Crippen LogP contribution in [0.2, 0.25) is 0 Å². The van der Waals surface area contributed by atoms with Gasteiger partial charge in [-0.1, -0.05) is 6.42 Å². The minimum absolute atomic E-state index is 0.464. The zero-order valence-electron chi connectivity index (χ0n) is 8.11. The van der Waals surface area contributed by atoms with Crippen LogP contribution in [0.5, 0.6) is 0 Å². The second-order valence-electron chi connectivity index (χ2n) is 3.06. The predicted molar refractivity (Wildman–Crippen MR) is 53.9 cm³/mol. The highest BCUT2D eigenvalue weighted by Crippen LogP contribution is 1.96. The first kappa shape index (κ1) is 12.2. The second-order valence-corrected chi connectivity index (χ2v) is 3.44. The first-order chi connectivity index (χ1) is 5.81. The van der Waals surface area contributed by atoms with Crippen LogP contribution in [0.1, 0.15) is 26.2 Å². The highest BCUT2D eigenvalue weighted by Gasteiger charge is 1.97. The number of halogens is 1. The van der Waals surface area contributed by atoms with Crippen LogP contribution in [0, 0.1) is 0 Å². The summed E-state index contributed by atoms with van der Waals surface area (Å²) in [6.45, 7) is 3.99. The average molecular weight is 194 g/mol. The SMILES string of the molecule is COCC(C)NCCCCCCl. The molecule has 12 heavy (non-hydrogen) atoms. The Hall–Kier alpha value is 0.210. The highest BCUT2D eigenvalue weighted by atomic mass is 35.5. The quantitative estimate of drug-likeness (QED) is 0.471. The smallest absolute Gasteiger partial charge is 0.0613 e. The third-order valence-electron chi connectivity index (χ3n) is 1.72. The van der Waals surface area contributed by atoms with Crippen LogP contribution in [0.15, 0.2) is 0 Å². The normalized spacial score (nSPS) is 13.2. The van der Waals surface area contributed by atoms with Gasteiger partial charge in [0.05, 0.1) is 6.61 Å². The Labute approximate surface area is 80.6 Å². The molecule has 0 aliphatic rings. The molecule has 1 N–H and O–H groups in total. The topological polar surface area (TPSA) is 21.3 Å². The van der Waals surface area contributed by atoms with E-state index in [1.54, 1.807) is 7.11 Å². The maximum absolute atomic E-state index is 5.55. The van der Waals surface area contributed by atoms with Crippen molar-refractivity contribution in [2.24, 2.45) is 0 Å². The minimum atomic E-state index is 0.464. The van der Waals surface area contributed by atoms with E-state index in [0.717, 1.165) is 25.5 Å². The maximum atomic E-state index is 5.55. The van der Waals surface area contributed by atoms with Crippen LogP contribution in [-0.2, 0) is 4.74 Å². The van der Waals surface area contributed by atoms with Crippen molar-refractivity contribution in [3.63, 3.8) is 0 Å². The standard InChI is InChI=1S/C9H20ClNO/c1-9(8-12-2)11-7-5-3-4-6-10/h9,11H,3-8H2,1-2H3. The zero-order chi connectivity index (χ0) is 9.23. The zero-order valence-corrected chi connectivity index (χ0v) is 8.86. The molecule has 0 saturated carbocycles. The van der Waals surface area contributed by atoms with E-state index in [1.165, 1.54) is 12.8 Å². The molecule has 1 atom stereocenters. The van der Waals surface area contributed by atoms with Gasteiger partial charge >= 0.3 is 0 Å². The number of hydrogen-bond acceptors (Lipinski definition) is 2. The second kappa shape index (κ2) is 9.30. The van der Waals surface area contributed by atoms with E-state index in [4.69, 9.17) is 16.3 Å². The number of methoxy groups -OCH3 is 1. The fourth-order valence-electron chi connectivity index (χ4n) is 1.05. The van der Waals surface area contributed by atoms with Crippen molar-refractivity contribution in [1.82, 2.24) is 5.32 Å². The number of nitrogens with one attached hydrogen (secondary N) is 1. The van der Waals surface area contributed by atoms with Gasteiger partial charge in [0.1, 0.15) is 0 Å². The number of hydrogen-bond donors (Lipinski definition) is 1. The first-order valence-corrected chi connectivity index (χ1v) is 5.13. The molecule has 3 heteroatoms. The fraction of sp³-hybridized carbons (Fsp3) is 1.00. The molecule has 2 nitrogen and oxygen atoms in total. The van der Waals surface area contributed by atoms with Gasteiger partial charge in [-0.15, -0.1) is 11.6 Å². The minimum Gasteiger partial charge on any atom is -0.383 e. The number of alkyl halides is 1. The predicted octanol–water partition coefficient (Wildman–Crippen LogP) is 2.02. The van der Waals surface area contributed by atoms with E-state index < -0.39 is 0 Å². The molecule has 0 heterocycles. The molecule has 0 aliphatic carbocycles. The van der Waals surface area contributed by atoms with Gasteiger partial charge in [0.15, 0.2) is 0 Å². The lowest BCUT2D eigenvalue weighted by Crippen LogP contribution is -2.30. The van der Waals surface area contributed by atoms with Crippen LogP contribution in [0.3, 0.4) is 0 Å². The Kier molecular flexibility index (Phi) is 9.46. The fourth-order valence-corrected chi connectivity index (χ4v) is 1.24. The Morgan fingerprint density at radius 3 is 2.67 bits per heavy atom.